The van der Waals surface area contributed by atoms with E-state index >= 15 is 0 Å². The van der Waals surface area contributed by atoms with Crippen LogP contribution in [0.5, 0.6) is 0 Å². The summed E-state index contributed by atoms with van der Waals surface area (Å²) in [5, 5.41) is 0. The van der Waals surface area contributed by atoms with Crippen LogP contribution in [0, 0.1) is 29.4 Å². The van der Waals surface area contributed by atoms with Crippen LogP contribution < -0.4 is 5.73 Å². The van der Waals surface area contributed by atoms with Crippen LogP contribution in [0.15, 0.2) is 16.6 Å². The predicted molar refractivity (Wildman–Crippen MR) is 65.3 cm³/mol. The van der Waals surface area contributed by atoms with Crippen molar-refractivity contribution < 1.29 is 8.78 Å². The molecule has 2 saturated carbocycles. The van der Waals surface area contributed by atoms with Crippen LogP contribution in [0.2, 0.25) is 0 Å². The van der Waals surface area contributed by atoms with Gasteiger partial charge in [-0.2, -0.15) is 0 Å². The molecule has 3 unspecified atom stereocenters. The summed E-state index contributed by atoms with van der Waals surface area (Å²) < 4.78 is 27.9. The van der Waals surface area contributed by atoms with Crippen LogP contribution in [-0.4, -0.2) is 0 Å². The van der Waals surface area contributed by atoms with E-state index < -0.39 is 17.7 Å². The molecule has 3 atom stereocenters. The monoisotopic (exact) mass is 301 g/mol. The number of hydrogen-bond donors (Lipinski definition) is 1. The number of benzene rings is 1. The predicted octanol–water partition coefficient (Wildman–Crippen LogP) is 3.77. The summed E-state index contributed by atoms with van der Waals surface area (Å²) in [6, 6.07) is 2.14. The van der Waals surface area contributed by atoms with Crippen molar-refractivity contribution in [2.45, 2.75) is 25.3 Å². The van der Waals surface area contributed by atoms with Gasteiger partial charge in [-0.1, -0.05) is 0 Å². The molecule has 3 rings (SSSR count). The molecule has 2 aliphatic carbocycles. The highest BCUT2D eigenvalue weighted by Gasteiger charge is 2.48. The van der Waals surface area contributed by atoms with Gasteiger partial charge >= 0.3 is 0 Å². The molecule has 0 bridgehead atoms. The zero-order chi connectivity index (χ0) is 12.2. The third-order valence-electron chi connectivity index (χ3n) is 4.20. The topological polar surface area (TPSA) is 26.0 Å². The van der Waals surface area contributed by atoms with Crippen LogP contribution in [0.3, 0.4) is 0 Å². The number of fused-ring (bicyclic) bond motifs is 1. The Morgan fingerprint density at radius 2 is 1.82 bits per heavy atom. The fourth-order valence-electron chi connectivity index (χ4n) is 3.14. The molecule has 0 aliphatic heterocycles. The molecule has 4 heteroatoms. The molecule has 1 aromatic carbocycles. The molecule has 0 heterocycles. The summed E-state index contributed by atoms with van der Waals surface area (Å²) in [6.07, 6.45) is 3.33. The molecule has 2 fully saturated rings. The number of halogens is 3. The van der Waals surface area contributed by atoms with Gasteiger partial charge in [-0.05, 0) is 65.1 Å². The lowest BCUT2D eigenvalue weighted by Gasteiger charge is -2.22. The molecule has 0 spiro atoms. The Morgan fingerprint density at radius 1 is 1.18 bits per heavy atom. The summed E-state index contributed by atoms with van der Waals surface area (Å²) >= 11 is 3.08. The second-order valence-electron chi connectivity index (χ2n) is 5.27. The highest BCUT2D eigenvalue weighted by molar-refractivity contribution is 9.10. The van der Waals surface area contributed by atoms with E-state index in [0.717, 1.165) is 24.7 Å². The Bertz CT molecular complexity index is 453. The van der Waals surface area contributed by atoms with Gasteiger partial charge in [-0.3, -0.25) is 0 Å². The van der Waals surface area contributed by atoms with Crippen LogP contribution >= 0.6 is 15.9 Å². The normalized spacial score (nSPS) is 32.4. The smallest absolute Gasteiger partial charge is 0.145 e. The van der Waals surface area contributed by atoms with E-state index in [9.17, 15) is 8.78 Å². The van der Waals surface area contributed by atoms with Crippen LogP contribution in [0.4, 0.5) is 8.78 Å². The fourth-order valence-corrected chi connectivity index (χ4v) is 3.48. The van der Waals surface area contributed by atoms with Gasteiger partial charge in [0.15, 0.2) is 0 Å². The zero-order valence-electron chi connectivity index (χ0n) is 9.30. The minimum atomic E-state index is -0.543. The van der Waals surface area contributed by atoms with Crippen LogP contribution in [0.1, 0.15) is 30.9 Å². The van der Waals surface area contributed by atoms with Gasteiger partial charge in [0.1, 0.15) is 11.6 Å². The van der Waals surface area contributed by atoms with Crippen molar-refractivity contribution in [3.63, 3.8) is 0 Å². The van der Waals surface area contributed by atoms with Gasteiger partial charge in [0, 0.05) is 11.6 Å². The van der Waals surface area contributed by atoms with Crippen molar-refractivity contribution in [1.29, 1.82) is 0 Å². The SMILES string of the molecule is NC(c1c(F)ccc(Br)c1F)C1CC2CC2C1. The van der Waals surface area contributed by atoms with E-state index in [0.29, 0.717) is 0 Å². The molecule has 92 valence electrons. The third kappa shape index (κ3) is 1.91. The highest BCUT2D eigenvalue weighted by atomic mass is 79.9. The van der Waals surface area contributed by atoms with Gasteiger partial charge in [0.25, 0.3) is 0 Å². The minimum absolute atomic E-state index is 0.0469. The maximum Gasteiger partial charge on any atom is 0.145 e. The first-order valence-corrected chi connectivity index (χ1v) is 6.76. The van der Waals surface area contributed by atoms with Gasteiger partial charge < -0.3 is 5.73 Å². The largest absolute Gasteiger partial charge is 0.324 e. The third-order valence-corrected chi connectivity index (χ3v) is 4.81. The molecule has 0 radical (unpaired) electrons. The highest BCUT2D eigenvalue weighted by Crippen LogP contribution is 2.57. The summed E-state index contributed by atoms with van der Waals surface area (Å²) in [6.45, 7) is 0. The molecule has 0 saturated heterocycles. The van der Waals surface area contributed by atoms with Crippen molar-refractivity contribution in [3.05, 3.63) is 33.8 Å². The molecule has 1 aromatic rings. The van der Waals surface area contributed by atoms with E-state index in [2.05, 4.69) is 15.9 Å². The Labute approximate surface area is 108 Å². The molecule has 1 nitrogen and oxygen atoms in total. The zero-order valence-corrected chi connectivity index (χ0v) is 10.9. The second-order valence-corrected chi connectivity index (χ2v) is 6.12. The lowest BCUT2D eigenvalue weighted by atomic mass is 9.89. The molecular weight excluding hydrogens is 288 g/mol. The summed E-state index contributed by atoms with van der Waals surface area (Å²) in [4.78, 5) is 0. The average Bonchev–Trinajstić information content (AvgIpc) is 2.91. The van der Waals surface area contributed by atoms with Crippen molar-refractivity contribution in [3.8, 4) is 0 Å². The first kappa shape index (κ1) is 11.6. The quantitative estimate of drug-likeness (QED) is 0.827. The molecule has 17 heavy (non-hydrogen) atoms. The maximum absolute atomic E-state index is 13.9. The lowest BCUT2D eigenvalue weighted by molar-refractivity contribution is 0.379. The summed E-state index contributed by atoms with van der Waals surface area (Å²) in [7, 11) is 0. The Kier molecular flexibility index (Phi) is 2.75. The average molecular weight is 302 g/mol. The summed E-state index contributed by atoms with van der Waals surface area (Å²) in [5.41, 5.74) is 6.10. The van der Waals surface area contributed by atoms with E-state index in [1.165, 1.54) is 18.6 Å². The fraction of sp³-hybridized carbons (Fsp3) is 0.538. The molecule has 2 aliphatic rings. The Hall–Kier alpha value is -0.480. The first-order chi connectivity index (χ1) is 8.08. The van der Waals surface area contributed by atoms with E-state index in [4.69, 9.17) is 5.73 Å². The van der Waals surface area contributed by atoms with Crippen LogP contribution in [-0.2, 0) is 0 Å². The van der Waals surface area contributed by atoms with E-state index in [1.54, 1.807) is 0 Å². The first-order valence-electron chi connectivity index (χ1n) is 5.97. The maximum atomic E-state index is 13.9. The van der Waals surface area contributed by atoms with E-state index in [1.807, 2.05) is 0 Å². The Balaban J connectivity index is 1.90. The van der Waals surface area contributed by atoms with Gasteiger partial charge in [-0.25, -0.2) is 8.78 Å². The molecule has 0 amide bonds. The van der Waals surface area contributed by atoms with Crippen molar-refractivity contribution in [2.75, 3.05) is 0 Å². The number of rotatable bonds is 2. The van der Waals surface area contributed by atoms with Gasteiger partial charge in [0.2, 0.25) is 0 Å². The molecule has 2 N–H and O–H groups in total. The molecule has 0 aromatic heterocycles. The number of hydrogen-bond acceptors (Lipinski definition) is 1. The standard InChI is InChI=1S/C13H14BrF2N/c14-9-1-2-10(15)11(12(9)16)13(17)8-4-6-3-7(6)5-8/h1-2,6-8,13H,3-5,17H2. The van der Waals surface area contributed by atoms with Crippen molar-refractivity contribution in [1.82, 2.24) is 0 Å². The molecular formula is C13H14BrF2N. The van der Waals surface area contributed by atoms with Gasteiger partial charge in [0.05, 0.1) is 4.47 Å². The Morgan fingerprint density at radius 3 is 2.47 bits per heavy atom. The van der Waals surface area contributed by atoms with E-state index in [-0.39, 0.29) is 16.0 Å². The van der Waals surface area contributed by atoms with Crippen molar-refractivity contribution in [2.24, 2.45) is 23.5 Å². The lowest BCUT2D eigenvalue weighted by Crippen LogP contribution is -2.23. The minimum Gasteiger partial charge on any atom is -0.324 e. The van der Waals surface area contributed by atoms with Crippen molar-refractivity contribution >= 4 is 15.9 Å². The second kappa shape index (κ2) is 4.02. The van der Waals surface area contributed by atoms with Gasteiger partial charge in [-0.15, -0.1) is 0 Å². The summed E-state index contributed by atoms with van der Waals surface area (Å²) in [5.74, 6) is 0.697. The van der Waals surface area contributed by atoms with Crippen LogP contribution in [0.25, 0.3) is 0 Å². The number of nitrogens with two attached hydrogens (primary N) is 1.